The lowest BCUT2D eigenvalue weighted by molar-refractivity contribution is -0.136. The van der Waals surface area contributed by atoms with Crippen LogP contribution in [-0.4, -0.2) is 39.7 Å². The normalized spacial score (nSPS) is 10.5. The second-order valence-electron chi connectivity index (χ2n) is 5.33. The number of rotatable bonds is 8. The van der Waals surface area contributed by atoms with Gasteiger partial charge in [-0.25, -0.2) is 9.18 Å². The highest BCUT2D eigenvalue weighted by molar-refractivity contribution is 5.98. The molecule has 2 aromatic carbocycles. The second kappa shape index (κ2) is 9.38. The van der Waals surface area contributed by atoms with Crippen LogP contribution in [0.4, 0.5) is 4.39 Å². The van der Waals surface area contributed by atoms with Gasteiger partial charge in [0, 0.05) is 11.6 Å². The lowest BCUT2D eigenvalue weighted by Crippen LogP contribution is -2.12. The average Bonchev–Trinajstić information content (AvgIpc) is 2.69. The topological polar surface area (TPSA) is 71.1 Å². The number of hydrogen-bond donors (Lipinski definition) is 0. The summed E-state index contributed by atoms with van der Waals surface area (Å²) in [6.07, 6.45) is 2.67. The van der Waals surface area contributed by atoms with Crippen molar-refractivity contribution >= 4 is 17.8 Å². The van der Waals surface area contributed by atoms with E-state index in [1.54, 1.807) is 12.1 Å². The van der Waals surface area contributed by atoms with E-state index < -0.39 is 24.2 Å². The number of hydrogen-bond acceptors (Lipinski definition) is 6. The number of halogens is 1. The molecule has 7 heteroatoms. The van der Waals surface area contributed by atoms with E-state index in [1.165, 1.54) is 57.7 Å². The molecule has 0 aliphatic heterocycles. The minimum absolute atomic E-state index is 0.262. The standard InChI is InChI=1S/C20H19FO6/c1-24-17-10-13(11-18(25-2)20(17)26-3)4-9-19(23)27-12-16(22)14-5-7-15(21)8-6-14/h4-11H,12H2,1-3H3/b9-4+. The molecule has 0 atom stereocenters. The van der Waals surface area contributed by atoms with E-state index in [9.17, 15) is 14.0 Å². The molecule has 0 aliphatic carbocycles. The first-order valence-electron chi connectivity index (χ1n) is 7.92. The van der Waals surface area contributed by atoms with Gasteiger partial charge in [-0.3, -0.25) is 4.79 Å². The summed E-state index contributed by atoms with van der Waals surface area (Å²) >= 11 is 0. The fourth-order valence-electron chi connectivity index (χ4n) is 2.27. The van der Waals surface area contributed by atoms with Crippen LogP contribution in [0, 0.1) is 5.82 Å². The minimum Gasteiger partial charge on any atom is -0.493 e. The highest BCUT2D eigenvalue weighted by Crippen LogP contribution is 2.38. The summed E-state index contributed by atoms with van der Waals surface area (Å²) in [4.78, 5) is 23.7. The molecule has 0 spiro atoms. The van der Waals surface area contributed by atoms with E-state index in [4.69, 9.17) is 18.9 Å². The molecule has 0 saturated heterocycles. The smallest absolute Gasteiger partial charge is 0.331 e. The van der Waals surface area contributed by atoms with Gasteiger partial charge in [-0.1, -0.05) is 0 Å². The number of carbonyl (C=O) groups excluding carboxylic acids is 2. The molecule has 0 amide bonds. The summed E-state index contributed by atoms with van der Waals surface area (Å²) in [5.74, 6) is -0.252. The van der Waals surface area contributed by atoms with Gasteiger partial charge in [0.2, 0.25) is 5.75 Å². The molecule has 0 fully saturated rings. The van der Waals surface area contributed by atoms with E-state index >= 15 is 0 Å². The lowest BCUT2D eigenvalue weighted by atomic mass is 10.1. The van der Waals surface area contributed by atoms with Crippen molar-refractivity contribution < 1.29 is 32.9 Å². The number of benzene rings is 2. The van der Waals surface area contributed by atoms with Crippen molar-refractivity contribution in [1.82, 2.24) is 0 Å². The predicted octanol–water partition coefficient (Wildman–Crippen LogP) is 3.29. The predicted molar refractivity (Wildman–Crippen MR) is 96.8 cm³/mol. The van der Waals surface area contributed by atoms with E-state index in [2.05, 4.69) is 0 Å². The molecule has 0 heterocycles. The van der Waals surface area contributed by atoms with Gasteiger partial charge in [0.05, 0.1) is 21.3 Å². The van der Waals surface area contributed by atoms with Crippen molar-refractivity contribution in [2.24, 2.45) is 0 Å². The van der Waals surface area contributed by atoms with Gasteiger partial charge >= 0.3 is 5.97 Å². The van der Waals surface area contributed by atoms with Crippen molar-refractivity contribution in [2.75, 3.05) is 27.9 Å². The van der Waals surface area contributed by atoms with Gasteiger partial charge in [-0.05, 0) is 48.0 Å². The Morgan fingerprint density at radius 1 is 0.963 bits per heavy atom. The molecule has 0 radical (unpaired) electrons. The van der Waals surface area contributed by atoms with Gasteiger partial charge in [0.15, 0.2) is 23.9 Å². The van der Waals surface area contributed by atoms with Crippen molar-refractivity contribution in [3.8, 4) is 17.2 Å². The van der Waals surface area contributed by atoms with Crippen LogP contribution in [-0.2, 0) is 9.53 Å². The summed E-state index contributed by atoms with van der Waals surface area (Å²) < 4.78 is 33.5. The highest BCUT2D eigenvalue weighted by Gasteiger charge is 2.13. The van der Waals surface area contributed by atoms with Crippen molar-refractivity contribution in [3.63, 3.8) is 0 Å². The quantitative estimate of drug-likeness (QED) is 0.401. The summed E-state index contributed by atoms with van der Waals surface area (Å²) in [6, 6.07) is 8.32. The van der Waals surface area contributed by atoms with Gasteiger partial charge in [0.25, 0.3) is 0 Å². The number of ether oxygens (including phenoxy) is 4. The number of ketones is 1. The summed E-state index contributed by atoms with van der Waals surface area (Å²) in [6.45, 7) is -0.440. The van der Waals surface area contributed by atoms with E-state index in [0.29, 0.717) is 22.8 Å². The third-order valence-electron chi connectivity index (χ3n) is 3.61. The van der Waals surface area contributed by atoms with Crippen LogP contribution in [0.5, 0.6) is 17.2 Å². The van der Waals surface area contributed by atoms with Gasteiger partial charge in [-0.15, -0.1) is 0 Å². The first-order chi connectivity index (χ1) is 13.0. The highest BCUT2D eigenvalue weighted by atomic mass is 19.1. The molecular formula is C20H19FO6. The van der Waals surface area contributed by atoms with Gasteiger partial charge in [-0.2, -0.15) is 0 Å². The Labute approximate surface area is 156 Å². The molecule has 27 heavy (non-hydrogen) atoms. The molecule has 2 rings (SSSR count). The SMILES string of the molecule is COc1cc(/C=C/C(=O)OCC(=O)c2ccc(F)cc2)cc(OC)c1OC. The maximum atomic E-state index is 12.9. The Balaban J connectivity index is 2.01. The molecule has 0 unspecified atom stereocenters. The molecule has 0 aromatic heterocycles. The maximum absolute atomic E-state index is 12.9. The molecular weight excluding hydrogens is 355 g/mol. The van der Waals surface area contributed by atoms with Crippen LogP contribution in [0.1, 0.15) is 15.9 Å². The molecule has 0 N–H and O–H groups in total. The van der Waals surface area contributed by atoms with Crippen LogP contribution in [0.2, 0.25) is 0 Å². The Morgan fingerprint density at radius 3 is 2.07 bits per heavy atom. The maximum Gasteiger partial charge on any atom is 0.331 e. The molecule has 6 nitrogen and oxygen atoms in total. The largest absolute Gasteiger partial charge is 0.493 e. The van der Waals surface area contributed by atoms with E-state index in [-0.39, 0.29) is 5.56 Å². The first-order valence-corrected chi connectivity index (χ1v) is 7.92. The molecule has 0 bridgehead atoms. The number of methoxy groups -OCH3 is 3. The molecule has 0 saturated carbocycles. The zero-order valence-corrected chi connectivity index (χ0v) is 15.2. The van der Waals surface area contributed by atoms with Crippen LogP contribution in [0.25, 0.3) is 6.08 Å². The number of esters is 1. The number of carbonyl (C=O) groups is 2. The fraction of sp³-hybridized carbons (Fsp3) is 0.200. The second-order valence-corrected chi connectivity index (χ2v) is 5.33. The Morgan fingerprint density at radius 2 is 1.56 bits per heavy atom. The van der Waals surface area contributed by atoms with Crippen LogP contribution >= 0.6 is 0 Å². The average molecular weight is 374 g/mol. The Bertz CT molecular complexity index is 817. The summed E-state index contributed by atoms with van der Waals surface area (Å²) in [5, 5.41) is 0. The van der Waals surface area contributed by atoms with Gasteiger partial charge in [0.1, 0.15) is 5.82 Å². The molecule has 142 valence electrons. The van der Waals surface area contributed by atoms with Gasteiger partial charge < -0.3 is 18.9 Å². The zero-order valence-electron chi connectivity index (χ0n) is 15.2. The van der Waals surface area contributed by atoms with E-state index in [1.807, 2.05) is 0 Å². The fourth-order valence-corrected chi connectivity index (χ4v) is 2.27. The minimum atomic E-state index is -0.695. The van der Waals surface area contributed by atoms with E-state index in [0.717, 1.165) is 0 Å². The monoisotopic (exact) mass is 374 g/mol. The Kier molecular flexibility index (Phi) is 6.93. The number of Topliss-reactive ketones (excluding diaryl/α,β-unsaturated/α-hetero) is 1. The summed E-state index contributed by atoms with van der Waals surface area (Å²) in [7, 11) is 4.46. The van der Waals surface area contributed by atoms with Crippen LogP contribution in [0.15, 0.2) is 42.5 Å². The first kappa shape index (κ1) is 20.0. The van der Waals surface area contributed by atoms with Crippen LogP contribution in [0.3, 0.4) is 0 Å². The van der Waals surface area contributed by atoms with Crippen molar-refractivity contribution in [3.05, 3.63) is 59.4 Å². The van der Waals surface area contributed by atoms with Crippen LogP contribution < -0.4 is 14.2 Å². The Hall–Kier alpha value is -3.35. The van der Waals surface area contributed by atoms with Crippen molar-refractivity contribution in [1.29, 1.82) is 0 Å². The molecule has 2 aromatic rings. The third-order valence-corrected chi connectivity index (χ3v) is 3.61. The molecule has 0 aliphatic rings. The third kappa shape index (κ3) is 5.31. The lowest BCUT2D eigenvalue weighted by Gasteiger charge is -2.12. The zero-order chi connectivity index (χ0) is 19.8. The summed E-state index contributed by atoms with van der Waals surface area (Å²) in [5.41, 5.74) is 0.879. The van der Waals surface area contributed by atoms with Crippen molar-refractivity contribution in [2.45, 2.75) is 0 Å².